The summed E-state index contributed by atoms with van der Waals surface area (Å²) in [5.41, 5.74) is 1.75. The third-order valence-electron chi connectivity index (χ3n) is 4.28. The van der Waals surface area contributed by atoms with Gasteiger partial charge in [0.15, 0.2) is 5.13 Å². The molecular formula is C21H15N5O4S. The number of thiazole rings is 1. The van der Waals surface area contributed by atoms with Crippen molar-refractivity contribution in [1.82, 2.24) is 14.8 Å². The van der Waals surface area contributed by atoms with Crippen molar-refractivity contribution in [1.29, 1.82) is 0 Å². The Labute approximate surface area is 180 Å². The van der Waals surface area contributed by atoms with Gasteiger partial charge in [-0.15, -0.1) is 0 Å². The Kier molecular flexibility index (Phi) is 5.63. The topological polar surface area (TPSA) is 120 Å². The number of nitrogens with one attached hydrogen (secondary N) is 1. The van der Waals surface area contributed by atoms with Gasteiger partial charge >= 0.3 is 5.82 Å². The van der Waals surface area contributed by atoms with E-state index in [1.165, 1.54) is 12.3 Å². The van der Waals surface area contributed by atoms with Gasteiger partial charge in [-0.25, -0.2) is 4.98 Å². The Morgan fingerprint density at radius 2 is 1.71 bits per heavy atom. The first-order valence-electron chi connectivity index (χ1n) is 9.15. The van der Waals surface area contributed by atoms with Crippen LogP contribution in [-0.2, 0) is 11.3 Å². The molecule has 1 amide bonds. The lowest BCUT2D eigenvalue weighted by Crippen LogP contribution is -2.19. The van der Waals surface area contributed by atoms with Gasteiger partial charge < -0.3 is 15.4 Å². The Bertz CT molecular complexity index is 1250. The highest BCUT2D eigenvalue weighted by Crippen LogP contribution is 2.33. The number of hydrogen-bond donors (Lipinski definition) is 1. The van der Waals surface area contributed by atoms with Crippen molar-refractivity contribution in [3.63, 3.8) is 0 Å². The molecule has 0 aliphatic heterocycles. The first-order valence-corrected chi connectivity index (χ1v) is 9.96. The maximum Gasteiger partial charge on any atom is 0.389 e. The molecule has 0 bridgehead atoms. The van der Waals surface area contributed by atoms with E-state index in [4.69, 9.17) is 0 Å². The fourth-order valence-electron chi connectivity index (χ4n) is 2.88. The number of aromatic nitrogens is 3. The number of anilines is 1. The van der Waals surface area contributed by atoms with E-state index in [9.17, 15) is 19.7 Å². The molecule has 2 heterocycles. The number of ketones is 1. The van der Waals surface area contributed by atoms with E-state index in [-0.39, 0.29) is 23.3 Å². The van der Waals surface area contributed by atoms with Crippen molar-refractivity contribution in [2.24, 2.45) is 0 Å². The Morgan fingerprint density at radius 3 is 2.35 bits per heavy atom. The van der Waals surface area contributed by atoms with Crippen molar-refractivity contribution in [3.05, 3.63) is 93.5 Å². The summed E-state index contributed by atoms with van der Waals surface area (Å²) in [5.74, 6) is -1.01. The van der Waals surface area contributed by atoms with Gasteiger partial charge in [0.25, 0.3) is 0 Å². The molecule has 4 rings (SSSR count). The minimum atomic E-state index is -0.636. The Morgan fingerprint density at radius 1 is 1.03 bits per heavy atom. The molecular weight excluding hydrogens is 418 g/mol. The lowest BCUT2D eigenvalue weighted by atomic mass is 10.1. The van der Waals surface area contributed by atoms with Gasteiger partial charge in [-0.1, -0.05) is 72.0 Å². The minimum Gasteiger partial charge on any atom is -0.358 e. The van der Waals surface area contributed by atoms with E-state index in [1.807, 2.05) is 36.4 Å². The largest absolute Gasteiger partial charge is 0.389 e. The zero-order valence-electron chi connectivity index (χ0n) is 16.0. The van der Waals surface area contributed by atoms with Crippen LogP contribution in [0.5, 0.6) is 0 Å². The molecule has 0 aliphatic carbocycles. The van der Waals surface area contributed by atoms with Crippen LogP contribution in [0.2, 0.25) is 0 Å². The molecule has 0 saturated carbocycles. The fourth-order valence-corrected chi connectivity index (χ4v) is 3.85. The van der Waals surface area contributed by atoms with Crippen molar-refractivity contribution < 1.29 is 14.5 Å². The molecule has 9 nitrogen and oxygen atoms in total. The number of nitrogens with zero attached hydrogens (tertiary/aromatic N) is 4. The smallest absolute Gasteiger partial charge is 0.358 e. The molecule has 0 unspecified atom stereocenters. The summed E-state index contributed by atoms with van der Waals surface area (Å²) < 4.78 is 1.16. The highest BCUT2D eigenvalue weighted by molar-refractivity contribution is 7.18. The van der Waals surface area contributed by atoms with E-state index in [0.29, 0.717) is 16.1 Å². The molecule has 154 valence electrons. The first kappa shape index (κ1) is 20.1. The van der Waals surface area contributed by atoms with Crippen LogP contribution in [0, 0.1) is 10.1 Å². The minimum absolute atomic E-state index is 0.194. The maximum atomic E-state index is 13.1. The molecule has 31 heavy (non-hydrogen) atoms. The van der Waals surface area contributed by atoms with Crippen LogP contribution >= 0.6 is 11.3 Å². The van der Waals surface area contributed by atoms with Gasteiger partial charge in [-0.3, -0.25) is 9.59 Å². The molecule has 0 fully saturated rings. The Balaban J connectivity index is 1.61. The van der Waals surface area contributed by atoms with Crippen molar-refractivity contribution in [3.8, 4) is 11.3 Å². The fraction of sp³-hybridized carbons (Fsp3) is 0.0476. The molecule has 0 saturated heterocycles. The highest BCUT2D eigenvalue weighted by Gasteiger charge is 2.22. The summed E-state index contributed by atoms with van der Waals surface area (Å²) >= 11 is 1.08. The average Bonchev–Trinajstić information content (AvgIpc) is 3.42. The SMILES string of the molecule is O=C(Cn1ccc([N+](=O)[O-])n1)Nc1nc(-c2ccccc2)c(C(=O)c2ccccc2)s1. The van der Waals surface area contributed by atoms with Gasteiger partial charge in [0.1, 0.15) is 11.4 Å². The molecule has 2 aromatic carbocycles. The number of nitro groups is 1. The summed E-state index contributed by atoms with van der Waals surface area (Å²) in [7, 11) is 0. The molecule has 0 spiro atoms. The Hall–Kier alpha value is -4.18. The molecule has 4 aromatic rings. The second kappa shape index (κ2) is 8.67. The normalized spacial score (nSPS) is 10.6. The number of benzene rings is 2. The van der Waals surface area contributed by atoms with Crippen LogP contribution in [0.25, 0.3) is 11.3 Å². The van der Waals surface area contributed by atoms with Crippen LogP contribution in [0.3, 0.4) is 0 Å². The van der Waals surface area contributed by atoms with Crippen LogP contribution in [0.1, 0.15) is 15.2 Å². The van der Waals surface area contributed by atoms with Gasteiger partial charge in [0.2, 0.25) is 11.7 Å². The lowest BCUT2D eigenvalue weighted by Gasteiger charge is -2.02. The van der Waals surface area contributed by atoms with Gasteiger partial charge in [-0.2, -0.15) is 4.68 Å². The number of carbonyl (C=O) groups excluding carboxylic acids is 2. The third-order valence-corrected chi connectivity index (χ3v) is 5.25. The standard InChI is InChI=1S/C21H15N5O4S/c27-17(13-25-12-11-16(24-25)26(29)30)22-21-23-18(14-7-3-1-4-8-14)20(31-21)19(28)15-9-5-2-6-10-15/h1-12H,13H2,(H,22,23,27). The number of amides is 1. The summed E-state index contributed by atoms with van der Waals surface area (Å²) in [6.45, 7) is -0.226. The van der Waals surface area contributed by atoms with Crippen molar-refractivity contribution >= 4 is 34.0 Å². The quantitative estimate of drug-likeness (QED) is 0.269. The van der Waals surface area contributed by atoms with Crippen molar-refractivity contribution in [2.45, 2.75) is 6.54 Å². The monoisotopic (exact) mass is 433 g/mol. The van der Waals surface area contributed by atoms with Crippen LogP contribution in [0.15, 0.2) is 72.9 Å². The van der Waals surface area contributed by atoms with E-state index in [2.05, 4.69) is 15.4 Å². The zero-order chi connectivity index (χ0) is 21.8. The lowest BCUT2D eigenvalue weighted by molar-refractivity contribution is -0.389. The molecule has 10 heteroatoms. The van der Waals surface area contributed by atoms with Gasteiger partial charge in [-0.05, 0) is 4.92 Å². The zero-order valence-corrected chi connectivity index (χ0v) is 16.8. The molecule has 0 atom stereocenters. The van der Waals surface area contributed by atoms with E-state index >= 15 is 0 Å². The average molecular weight is 433 g/mol. The molecule has 2 aromatic heterocycles. The second-order valence-electron chi connectivity index (χ2n) is 6.43. The van der Waals surface area contributed by atoms with Crippen molar-refractivity contribution in [2.75, 3.05) is 5.32 Å². The number of hydrogen-bond acceptors (Lipinski definition) is 7. The number of rotatable bonds is 7. The summed E-state index contributed by atoms with van der Waals surface area (Å²) in [4.78, 5) is 40.4. The third kappa shape index (κ3) is 4.54. The van der Waals surface area contributed by atoms with Crippen LogP contribution in [-0.4, -0.2) is 31.4 Å². The predicted molar refractivity (Wildman–Crippen MR) is 115 cm³/mol. The van der Waals surface area contributed by atoms with E-state index in [0.717, 1.165) is 21.6 Å². The molecule has 1 N–H and O–H groups in total. The van der Waals surface area contributed by atoms with Crippen LogP contribution < -0.4 is 5.32 Å². The molecule has 0 aliphatic rings. The summed E-state index contributed by atoms with van der Waals surface area (Å²) in [6.07, 6.45) is 1.35. The van der Waals surface area contributed by atoms with Crippen LogP contribution in [0.4, 0.5) is 10.9 Å². The van der Waals surface area contributed by atoms with E-state index < -0.39 is 10.8 Å². The van der Waals surface area contributed by atoms with Gasteiger partial charge in [0.05, 0.1) is 23.1 Å². The van der Waals surface area contributed by atoms with E-state index in [1.54, 1.807) is 24.3 Å². The summed E-state index contributed by atoms with van der Waals surface area (Å²) in [5, 5.41) is 17.4. The first-order chi connectivity index (χ1) is 15.0. The number of carbonyl (C=O) groups is 2. The highest BCUT2D eigenvalue weighted by atomic mass is 32.1. The summed E-state index contributed by atoms with van der Waals surface area (Å²) in [6, 6.07) is 19.3. The maximum absolute atomic E-state index is 13.1. The second-order valence-corrected chi connectivity index (χ2v) is 7.43. The molecule has 0 radical (unpaired) electrons. The predicted octanol–water partition coefficient (Wildman–Crippen LogP) is 3.78. The van der Waals surface area contributed by atoms with Gasteiger partial charge in [0, 0.05) is 11.1 Å².